The van der Waals surface area contributed by atoms with Gasteiger partial charge in [-0.25, -0.2) is 0 Å². The fourth-order valence-electron chi connectivity index (χ4n) is 5.69. The molecule has 0 radical (unpaired) electrons. The predicted molar refractivity (Wildman–Crippen MR) is 151 cm³/mol. The van der Waals surface area contributed by atoms with E-state index in [1.54, 1.807) is 14.2 Å². The maximum Gasteiger partial charge on any atom is 0.259 e. The summed E-state index contributed by atoms with van der Waals surface area (Å²) in [6.45, 7) is 0.731. The van der Waals surface area contributed by atoms with Crippen molar-refractivity contribution >= 4 is 44.8 Å². The molecule has 5 aromatic rings. The first-order chi connectivity index (χ1) is 19.0. The zero-order valence-corrected chi connectivity index (χ0v) is 21.9. The number of hydrogen-bond acceptors (Lipinski definition) is 5. The number of methoxy groups -OCH3 is 2. The average molecular weight is 521 g/mol. The third-order valence-corrected chi connectivity index (χ3v) is 7.42. The van der Waals surface area contributed by atoms with Crippen LogP contribution in [0.25, 0.3) is 33.0 Å². The molecule has 8 heteroatoms. The maximum atomic E-state index is 13.3. The molecule has 6 rings (SSSR count). The van der Waals surface area contributed by atoms with Crippen LogP contribution < -0.4 is 20.5 Å². The van der Waals surface area contributed by atoms with Gasteiger partial charge in [-0.2, -0.15) is 0 Å². The first-order valence-electron chi connectivity index (χ1n) is 12.6. The van der Waals surface area contributed by atoms with Crippen molar-refractivity contribution in [1.29, 1.82) is 0 Å². The lowest BCUT2D eigenvalue weighted by molar-refractivity contribution is -0.122. The van der Waals surface area contributed by atoms with E-state index in [9.17, 15) is 9.59 Å². The number of aromatic nitrogens is 2. The van der Waals surface area contributed by atoms with E-state index in [0.29, 0.717) is 34.8 Å². The van der Waals surface area contributed by atoms with Crippen LogP contribution in [0, 0.1) is 0 Å². The predicted octanol–water partition coefficient (Wildman–Crippen LogP) is 4.22. The summed E-state index contributed by atoms with van der Waals surface area (Å²) in [6.07, 6.45) is 3.85. The van der Waals surface area contributed by atoms with Crippen molar-refractivity contribution in [1.82, 2.24) is 14.5 Å². The number of imide groups is 1. The number of nitrogens with one attached hydrogen (secondary N) is 1. The molecule has 0 unspecified atom stereocenters. The lowest BCUT2D eigenvalue weighted by Gasteiger charge is -2.16. The van der Waals surface area contributed by atoms with Crippen LogP contribution in [-0.2, 0) is 29.7 Å². The van der Waals surface area contributed by atoms with Gasteiger partial charge in [0, 0.05) is 70.0 Å². The van der Waals surface area contributed by atoms with Crippen LogP contribution >= 0.6 is 0 Å². The zero-order valence-electron chi connectivity index (χ0n) is 21.9. The molecule has 1 aliphatic rings. The number of rotatable bonds is 7. The number of para-hydroxylation sites is 2. The van der Waals surface area contributed by atoms with Crippen molar-refractivity contribution in [3.63, 3.8) is 0 Å². The Labute approximate surface area is 225 Å². The van der Waals surface area contributed by atoms with Crippen LogP contribution in [0.5, 0.6) is 11.5 Å². The minimum Gasteiger partial charge on any atom is -0.496 e. The molecular weight excluding hydrogens is 492 g/mol. The standard InChI is InChI=1S/C31H28N4O4/c1-34-16-22(19-8-4-6-10-24(19)34)27-28(31(37)33-30(27)36)23-17-35(25-11-7-5-9-20(23)25)15-18-12-13-26(38-2)21(14-32)29(18)39-3/h4-13,16-17H,14-15,32H2,1-3H3,(H,33,36,37). The molecule has 8 nitrogen and oxygen atoms in total. The maximum absolute atomic E-state index is 13.3. The molecule has 2 aromatic heterocycles. The SMILES string of the molecule is COc1ccc(Cn2cc(C3=C(c4cn(C)c5ccccc45)C(=O)NC3=O)c3ccccc32)c(OC)c1CN. The monoisotopic (exact) mass is 520 g/mol. The zero-order chi connectivity index (χ0) is 27.3. The van der Waals surface area contributed by atoms with E-state index in [2.05, 4.69) is 9.88 Å². The molecular formula is C31H28N4O4. The summed E-state index contributed by atoms with van der Waals surface area (Å²) >= 11 is 0. The van der Waals surface area contributed by atoms with Crippen molar-refractivity contribution in [2.75, 3.05) is 14.2 Å². The normalized spacial score (nSPS) is 13.5. The number of nitrogens with zero attached hydrogens (tertiary/aromatic N) is 2. The van der Waals surface area contributed by atoms with E-state index in [0.717, 1.165) is 38.5 Å². The highest BCUT2D eigenvalue weighted by Crippen LogP contribution is 2.39. The fraction of sp³-hybridized carbons (Fsp3) is 0.161. The Morgan fingerprint density at radius 2 is 1.41 bits per heavy atom. The Balaban J connectivity index is 1.56. The van der Waals surface area contributed by atoms with Gasteiger partial charge in [-0.3, -0.25) is 14.9 Å². The Kier molecular flexibility index (Phi) is 5.96. The highest BCUT2D eigenvalue weighted by molar-refractivity contribution is 6.50. The molecule has 0 aliphatic carbocycles. The van der Waals surface area contributed by atoms with Crippen LogP contribution in [0.4, 0.5) is 0 Å². The van der Waals surface area contributed by atoms with Gasteiger partial charge in [-0.15, -0.1) is 0 Å². The number of aryl methyl sites for hydroxylation is 1. The molecule has 0 bridgehead atoms. The van der Waals surface area contributed by atoms with E-state index >= 15 is 0 Å². The van der Waals surface area contributed by atoms with Crippen LogP contribution in [-0.4, -0.2) is 35.2 Å². The van der Waals surface area contributed by atoms with E-state index in [4.69, 9.17) is 15.2 Å². The number of carbonyl (C=O) groups excluding carboxylic acids is 2. The summed E-state index contributed by atoms with van der Waals surface area (Å²) in [6, 6.07) is 19.6. The van der Waals surface area contributed by atoms with Crippen LogP contribution in [0.1, 0.15) is 22.3 Å². The molecule has 0 spiro atoms. The third kappa shape index (κ3) is 3.80. The molecule has 196 valence electrons. The fourth-order valence-corrected chi connectivity index (χ4v) is 5.69. The first-order valence-corrected chi connectivity index (χ1v) is 12.6. The summed E-state index contributed by atoms with van der Waals surface area (Å²) in [4.78, 5) is 26.5. The quantitative estimate of drug-likeness (QED) is 0.313. The van der Waals surface area contributed by atoms with E-state index in [-0.39, 0.29) is 6.54 Å². The Bertz CT molecular complexity index is 1830. The largest absolute Gasteiger partial charge is 0.496 e. The summed E-state index contributed by atoms with van der Waals surface area (Å²) < 4.78 is 15.3. The first kappa shape index (κ1) is 24.5. The van der Waals surface area contributed by atoms with Crippen molar-refractivity contribution < 1.29 is 19.1 Å². The van der Waals surface area contributed by atoms with E-state index in [1.807, 2.05) is 84.7 Å². The second-order valence-electron chi connectivity index (χ2n) is 9.53. The number of benzene rings is 3. The van der Waals surface area contributed by atoms with Gasteiger partial charge in [0.25, 0.3) is 11.8 Å². The summed E-state index contributed by atoms with van der Waals surface area (Å²) in [5.74, 6) is 0.536. The van der Waals surface area contributed by atoms with Crippen molar-refractivity contribution in [2.24, 2.45) is 12.8 Å². The molecule has 0 fully saturated rings. The van der Waals surface area contributed by atoms with Crippen LogP contribution in [0.2, 0.25) is 0 Å². The van der Waals surface area contributed by atoms with Gasteiger partial charge in [-0.05, 0) is 24.3 Å². The second kappa shape index (κ2) is 9.49. The number of carbonyl (C=O) groups is 2. The molecule has 3 N–H and O–H groups in total. The topological polar surface area (TPSA) is 101 Å². The van der Waals surface area contributed by atoms with Crippen molar-refractivity contribution in [3.8, 4) is 11.5 Å². The van der Waals surface area contributed by atoms with E-state index in [1.165, 1.54) is 0 Å². The van der Waals surface area contributed by atoms with Crippen LogP contribution in [0.15, 0.2) is 73.1 Å². The van der Waals surface area contributed by atoms with Gasteiger partial charge in [0.05, 0.1) is 31.9 Å². The molecule has 0 saturated carbocycles. The Morgan fingerprint density at radius 3 is 2.05 bits per heavy atom. The van der Waals surface area contributed by atoms with Crippen molar-refractivity contribution in [3.05, 3.63) is 95.3 Å². The molecule has 3 aromatic carbocycles. The molecule has 3 heterocycles. The lowest BCUT2D eigenvalue weighted by atomic mass is 9.95. The summed E-state index contributed by atoms with van der Waals surface area (Å²) in [7, 11) is 5.16. The Morgan fingerprint density at radius 1 is 0.795 bits per heavy atom. The number of fused-ring (bicyclic) bond motifs is 2. The van der Waals surface area contributed by atoms with Gasteiger partial charge < -0.3 is 24.3 Å². The van der Waals surface area contributed by atoms with Gasteiger partial charge in [0.2, 0.25) is 0 Å². The molecule has 0 atom stereocenters. The highest BCUT2D eigenvalue weighted by Gasteiger charge is 2.35. The molecule has 1 aliphatic heterocycles. The van der Waals surface area contributed by atoms with Gasteiger partial charge in [0.15, 0.2) is 0 Å². The highest BCUT2D eigenvalue weighted by atomic mass is 16.5. The number of hydrogen-bond donors (Lipinski definition) is 2. The van der Waals surface area contributed by atoms with Gasteiger partial charge >= 0.3 is 0 Å². The third-order valence-electron chi connectivity index (χ3n) is 7.42. The van der Waals surface area contributed by atoms with Crippen molar-refractivity contribution in [2.45, 2.75) is 13.1 Å². The minimum atomic E-state index is -0.404. The molecule has 0 saturated heterocycles. The molecule has 39 heavy (non-hydrogen) atoms. The smallest absolute Gasteiger partial charge is 0.259 e. The Hall–Kier alpha value is -4.82. The van der Waals surface area contributed by atoms with Crippen LogP contribution in [0.3, 0.4) is 0 Å². The minimum absolute atomic E-state index is 0.265. The average Bonchev–Trinajstić information content (AvgIpc) is 3.58. The van der Waals surface area contributed by atoms with Gasteiger partial charge in [0.1, 0.15) is 11.5 Å². The number of amides is 2. The molecule has 2 amide bonds. The van der Waals surface area contributed by atoms with E-state index < -0.39 is 11.8 Å². The number of nitrogens with two attached hydrogens (primary N) is 1. The number of ether oxygens (including phenoxy) is 2. The lowest BCUT2D eigenvalue weighted by Crippen LogP contribution is -2.22. The second-order valence-corrected chi connectivity index (χ2v) is 9.53. The summed E-state index contributed by atoms with van der Waals surface area (Å²) in [5.41, 5.74) is 11.8. The van der Waals surface area contributed by atoms with Gasteiger partial charge in [-0.1, -0.05) is 36.4 Å². The summed E-state index contributed by atoms with van der Waals surface area (Å²) in [5, 5.41) is 4.33.